The maximum atomic E-state index is 12.4. The molecule has 0 bridgehead atoms. The summed E-state index contributed by atoms with van der Waals surface area (Å²) in [6.45, 7) is 3.34. The summed E-state index contributed by atoms with van der Waals surface area (Å²) >= 11 is 1.77. The summed E-state index contributed by atoms with van der Waals surface area (Å²) in [5.41, 5.74) is 1.87. The van der Waals surface area contributed by atoms with E-state index in [9.17, 15) is 4.79 Å². The first-order valence-corrected chi connectivity index (χ1v) is 10.4. The standard InChI is InChI=1S/C24H25NO2S/c1-19(20-8-4-2-5-9-20)18-25-24(26)21-12-14-22(15-13-21)27-16-17-28-23-10-6-3-7-11-23/h2-15,19H,16-18H2,1H3,(H,25,26)/t19-/m1/s1. The van der Waals surface area contributed by atoms with Crippen LogP contribution >= 0.6 is 11.8 Å². The van der Waals surface area contributed by atoms with Crippen molar-refractivity contribution in [2.45, 2.75) is 17.7 Å². The Morgan fingerprint density at radius 3 is 2.25 bits per heavy atom. The summed E-state index contributed by atoms with van der Waals surface area (Å²) in [7, 11) is 0. The van der Waals surface area contributed by atoms with Gasteiger partial charge in [-0.05, 0) is 47.9 Å². The highest BCUT2D eigenvalue weighted by Gasteiger charge is 2.09. The SMILES string of the molecule is C[C@H](CNC(=O)c1ccc(OCCSc2ccccc2)cc1)c1ccccc1. The van der Waals surface area contributed by atoms with Crippen LogP contribution in [0, 0.1) is 0 Å². The highest BCUT2D eigenvalue weighted by Crippen LogP contribution is 2.18. The van der Waals surface area contributed by atoms with E-state index >= 15 is 0 Å². The molecule has 3 aromatic carbocycles. The minimum atomic E-state index is -0.0611. The lowest BCUT2D eigenvalue weighted by Gasteiger charge is -2.13. The molecule has 0 unspecified atom stereocenters. The summed E-state index contributed by atoms with van der Waals surface area (Å²) in [6, 6.07) is 27.8. The van der Waals surface area contributed by atoms with Gasteiger partial charge in [0.1, 0.15) is 5.75 Å². The van der Waals surface area contributed by atoms with Gasteiger partial charge in [-0.2, -0.15) is 0 Å². The first-order valence-electron chi connectivity index (χ1n) is 9.46. The van der Waals surface area contributed by atoms with Gasteiger partial charge >= 0.3 is 0 Å². The van der Waals surface area contributed by atoms with E-state index < -0.39 is 0 Å². The fourth-order valence-electron chi connectivity index (χ4n) is 2.79. The number of carbonyl (C=O) groups is 1. The van der Waals surface area contributed by atoms with E-state index in [0.29, 0.717) is 18.7 Å². The molecule has 0 aromatic heterocycles. The normalized spacial score (nSPS) is 11.6. The van der Waals surface area contributed by atoms with Crippen LogP contribution in [0.1, 0.15) is 28.8 Å². The molecule has 0 radical (unpaired) electrons. The molecule has 3 aromatic rings. The highest BCUT2D eigenvalue weighted by atomic mass is 32.2. The zero-order chi connectivity index (χ0) is 19.6. The van der Waals surface area contributed by atoms with Gasteiger partial charge in [-0.3, -0.25) is 4.79 Å². The Kier molecular flexibility index (Phi) is 7.56. The van der Waals surface area contributed by atoms with Gasteiger partial charge in [0.15, 0.2) is 0 Å². The molecule has 0 fully saturated rings. The van der Waals surface area contributed by atoms with Crippen molar-refractivity contribution in [3.05, 3.63) is 96.1 Å². The third-order valence-electron chi connectivity index (χ3n) is 4.42. The van der Waals surface area contributed by atoms with Gasteiger partial charge in [-0.25, -0.2) is 0 Å². The topological polar surface area (TPSA) is 38.3 Å². The molecular formula is C24H25NO2S. The number of hydrogen-bond donors (Lipinski definition) is 1. The van der Waals surface area contributed by atoms with Gasteiger partial charge in [0, 0.05) is 22.8 Å². The number of amides is 1. The lowest BCUT2D eigenvalue weighted by atomic mass is 10.0. The minimum Gasteiger partial charge on any atom is -0.493 e. The molecule has 4 heteroatoms. The number of hydrogen-bond acceptors (Lipinski definition) is 3. The minimum absolute atomic E-state index is 0.0611. The van der Waals surface area contributed by atoms with Crippen LogP contribution in [0.3, 0.4) is 0 Å². The van der Waals surface area contributed by atoms with Gasteiger partial charge in [0.25, 0.3) is 5.91 Å². The van der Waals surface area contributed by atoms with Crippen LogP contribution in [0.5, 0.6) is 5.75 Å². The number of nitrogens with one attached hydrogen (secondary N) is 1. The molecular weight excluding hydrogens is 366 g/mol. The Morgan fingerprint density at radius 1 is 0.929 bits per heavy atom. The van der Waals surface area contributed by atoms with Crippen molar-refractivity contribution >= 4 is 17.7 Å². The van der Waals surface area contributed by atoms with Crippen LogP contribution in [0.2, 0.25) is 0 Å². The fourth-order valence-corrected chi connectivity index (χ4v) is 3.54. The number of benzene rings is 3. The van der Waals surface area contributed by atoms with Crippen molar-refractivity contribution in [3.8, 4) is 5.75 Å². The molecule has 0 aliphatic heterocycles. The molecule has 3 nitrogen and oxygen atoms in total. The first kappa shape index (κ1) is 20.0. The lowest BCUT2D eigenvalue weighted by Crippen LogP contribution is -2.27. The van der Waals surface area contributed by atoms with E-state index in [4.69, 9.17) is 4.74 Å². The number of carbonyl (C=O) groups excluding carboxylic acids is 1. The number of rotatable bonds is 9. The molecule has 0 saturated heterocycles. The highest BCUT2D eigenvalue weighted by molar-refractivity contribution is 7.99. The Morgan fingerprint density at radius 2 is 1.57 bits per heavy atom. The summed E-state index contributed by atoms with van der Waals surface area (Å²) < 4.78 is 5.77. The van der Waals surface area contributed by atoms with Gasteiger partial charge in [-0.1, -0.05) is 55.5 Å². The predicted molar refractivity (Wildman–Crippen MR) is 116 cm³/mol. The third-order valence-corrected chi connectivity index (χ3v) is 5.39. The molecule has 0 saturated carbocycles. The van der Waals surface area contributed by atoms with Crippen molar-refractivity contribution in [3.63, 3.8) is 0 Å². The van der Waals surface area contributed by atoms with Crippen molar-refractivity contribution < 1.29 is 9.53 Å². The van der Waals surface area contributed by atoms with Gasteiger partial charge < -0.3 is 10.1 Å². The zero-order valence-electron chi connectivity index (χ0n) is 16.0. The molecule has 0 spiro atoms. The second-order valence-corrected chi connectivity index (χ2v) is 7.72. The van der Waals surface area contributed by atoms with Crippen LogP contribution in [0.4, 0.5) is 0 Å². The molecule has 0 heterocycles. The number of thioether (sulfide) groups is 1. The van der Waals surface area contributed by atoms with Crippen LogP contribution < -0.4 is 10.1 Å². The van der Waals surface area contributed by atoms with E-state index in [1.807, 2.05) is 60.7 Å². The second kappa shape index (κ2) is 10.6. The molecule has 1 N–H and O–H groups in total. The maximum absolute atomic E-state index is 12.4. The van der Waals surface area contributed by atoms with Crippen LogP contribution in [0.25, 0.3) is 0 Å². The maximum Gasteiger partial charge on any atom is 0.251 e. The molecule has 0 aliphatic rings. The van der Waals surface area contributed by atoms with E-state index in [0.717, 1.165) is 11.5 Å². The fraction of sp³-hybridized carbons (Fsp3) is 0.208. The Bertz CT molecular complexity index is 851. The smallest absolute Gasteiger partial charge is 0.251 e. The molecule has 0 aliphatic carbocycles. The quantitative estimate of drug-likeness (QED) is 0.392. The first-order chi connectivity index (χ1) is 13.7. The van der Waals surface area contributed by atoms with E-state index in [2.05, 4.69) is 36.5 Å². The molecule has 3 rings (SSSR count). The Hall–Kier alpha value is -2.72. The van der Waals surface area contributed by atoms with Crippen LogP contribution in [-0.4, -0.2) is 24.8 Å². The predicted octanol–water partition coefficient (Wildman–Crippen LogP) is 5.39. The van der Waals surface area contributed by atoms with E-state index in [1.54, 1.807) is 11.8 Å². The van der Waals surface area contributed by atoms with Crippen molar-refractivity contribution in [2.24, 2.45) is 0 Å². The molecule has 144 valence electrons. The summed E-state index contributed by atoms with van der Waals surface area (Å²) in [4.78, 5) is 13.6. The monoisotopic (exact) mass is 391 g/mol. The van der Waals surface area contributed by atoms with Crippen molar-refractivity contribution in [2.75, 3.05) is 18.9 Å². The van der Waals surface area contributed by atoms with Crippen LogP contribution in [-0.2, 0) is 0 Å². The third kappa shape index (κ3) is 6.17. The average Bonchev–Trinajstić information content (AvgIpc) is 2.76. The van der Waals surface area contributed by atoms with Crippen molar-refractivity contribution in [1.82, 2.24) is 5.32 Å². The molecule has 1 amide bonds. The largest absolute Gasteiger partial charge is 0.493 e. The van der Waals surface area contributed by atoms with Crippen LogP contribution in [0.15, 0.2) is 89.8 Å². The van der Waals surface area contributed by atoms with Crippen molar-refractivity contribution in [1.29, 1.82) is 0 Å². The Labute approximate surface area is 171 Å². The summed E-state index contributed by atoms with van der Waals surface area (Å²) in [5, 5.41) is 3.00. The summed E-state index contributed by atoms with van der Waals surface area (Å²) in [6.07, 6.45) is 0. The van der Waals surface area contributed by atoms with E-state index in [-0.39, 0.29) is 11.8 Å². The average molecular weight is 392 g/mol. The van der Waals surface area contributed by atoms with Gasteiger partial charge in [-0.15, -0.1) is 11.8 Å². The summed E-state index contributed by atoms with van der Waals surface area (Å²) in [5.74, 6) is 1.87. The Balaban J connectivity index is 1.41. The lowest BCUT2D eigenvalue weighted by molar-refractivity contribution is 0.0951. The van der Waals surface area contributed by atoms with E-state index in [1.165, 1.54) is 10.5 Å². The van der Waals surface area contributed by atoms with Gasteiger partial charge in [0.05, 0.1) is 6.61 Å². The molecule has 1 atom stereocenters. The number of ether oxygens (including phenoxy) is 1. The zero-order valence-corrected chi connectivity index (χ0v) is 16.8. The second-order valence-electron chi connectivity index (χ2n) is 6.56. The molecule has 28 heavy (non-hydrogen) atoms. The van der Waals surface area contributed by atoms with Gasteiger partial charge in [0.2, 0.25) is 0 Å².